The quantitative estimate of drug-likeness (QED) is 0.679. The molecule has 0 aromatic heterocycles. The van der Waals surface area contributed by atoms with Gasteiger partial charge in [0, 0.05) is 33.3 Å². The molecule has 0 radical (unpaired) electrons. The normalized spacial score (nSPS) is 10.4. The van der Waals surface area contributed by atoms with Crippen LogP contribution in [0.4, 0.5) is 5.69 Å². The summed E-state index contributed by atoms with van der Waals surface area (Å²) in [5.41, 5.74) is 1.12. The second kappa shape index (κ2) is 8.78. The minimum atomic E-state index is 0.773. The molecule has 0 unspecified atom stereocenters. The fourth-order valence-corrected chi connectivity index (χ4v) is 1.73. The van der Waals surface area contributed by atoms with E-state index in [4.69, 9.17) is 9.47 Å². The van der Waals surface area contributed by atoms with Crippen molar-refractivity contribution < 1.29 is 9.47 Å². The van der Waals surface area contributed by atoms with Gasteiger partial charge in [0.05, 0.1) is 19.4 Å². The lowest BCUT2D eigenvalue weighted by atomic mass is 10.2. The minimum absolute atomic E-state index is 0.773. The van der Waals surface area contributed by atoms with Gasteiger partial charge in [-0.2, -0.15) is 0 Å². The molecular weight excluding hydrogens is 228 g/mol. The summed E-state index contributed by atoms with van der Waals surface area (Å²) < 4.78 is 10.6. The second-order valence-electron chi connectivity index (χ2n) is 4.04. The van der Waals surface area contributed by atoms with Crippen molar-refractivity contribution in [2.24, 2.45) is 0 Å². The lowest BCUT2D eigenvalue weighted by molar-refractivity contribution is 0.149. The van der Waals surface area contributed by atoms with Gasteiger partial charge in [-0.1, -0.05) is 12.1 Å². The molecule has 0 spiro atoms. The van der Waals surface area contributed by atoms with Crippen LogP contribution in [-0.2, 0) is 4.74 Å². The Balaban J connectivity index is 2.29. The van der Waals surface area contributed by atoms with E-state index in [1.54, 1.807) is 7.11 Å². The fourth-order valence-electron chi connectivity index (χ4n) is 1.73. The summed E-state index contributed by atoms with van der Waals surface area (Å²) in [5, 5.41) is 3.35. The fraction of sp³-hybridized carbons (Fsp3) is 0.571. The van der Waals surface area contributed by atoms with Gasteiger partial charge in [0.1, 0.15) is 5.75 Å². The molecular formula is C14H24N2O2. The van der Waals surface area contributed by atoms with E-state index < -0.39 is 0 Å². The zero-order chi connectivity index (χ0) is 13.2. The number of nitrogens with one attached hydrogen (secondary N) is 1. The van der Waals surface area contributed by atoms with E-state index in [-0.39, 0.29) is 0 Å². The van der Waals surface area contributed by atoms with Crippen LogP contribution in [0.5, 0.6) is 5.75 Å². The van der Waals surface area contributed by atoms with Gasteiger partial charge in [-0.05, 0) is 19.1 Å². The van der Waals surface area contributed by atoms with E-state index in [0.29, 0.717) is 0 Å². The molecule has 18 heavy (non-hydrogen) atoms. The van der Waals surface area contributed by atoms with Crippen molar-refractivity contribution >= 4 is 5.69 Å². The highest BCUT2D eigenvalue weighted by Crippen LogP contribution is 2.25. The van der Waals surface area contributed by atoms with E-state index in [2.05, 4.69) is 23.3 Å². The molecule has 0 saturated carbocycles. The van der Waals surface area contributed by atoms with Gasteiger partial charge in [0.25, 0.3) is 0 Å². The van der Waals surface area contributed by atoms with Crippen LogP contribution in [0.1, 0.15) is 6.92 Å². The predicted octanol–water partition coefficient (Wildman–Crippen LogP) is 1.76. The van der Waals surface area contributed by atoms with Gasteiger partial charge in [0.2, 0.25) is 0 Å². The molecule has 0 aliphatic rings. The topological polar surface area (TPSA) is 33.7 Å². The Morgan fingerprint density at radius 3 is 2.72 bits per heavy atom. The van der Waals surface area contributed by atoms with Gasteiger partial charge in [0.15, 0.2) is 0 Å². The first-order valence-corrected chi connectivity index (χ1v) is 6.42. The molecule has 0 bridgehead atoms. The van der Waals surface area contributed by atoms with E-state index in [9.17, 15) is 0 Å². The van der Waals surface area contributed by atoms with Gasteiger partial charge in [-0.25, -0.2) is 0 Å². The molecule has 1 N–H and O–H groups in total. The molecule has 4 heteroatoms. The number of anilines is 1. The Labute approximate surface area is 110 Å². The third-order valence-corrected chi connectivity index (χ3v) is 2.75. The maximum atomic E-state index is 5.34. The highest BCUT2D eigenvalue weighted by Gasteiger charge is 2.06. The van der Waals surface area contributed by atoms with Crippen LogP contribution in [0.25, 0.3) is 0 Å². The van der Waals surface area contributed by atoms with Gasteiger partial charge in [-0.15, -0.1) is 0 Å². The van der Waals surface area contributed by atoms with Crippen LogP contribution >= 0.6 is 0 Å². The second-order valence-corrected chi connectivity index (χ2v) is 4.04. The largest absolute Gasteiger partial charge is 0.495 e. The predicted molar refractivity (Wildman–Crippen MR) is 75.6 cm³/mol. The maximum absolute atomic E-state index is 5.34. The van der Waals surface area contributed by atoms with Gasteiger partial charge >= 0.3 is 0 Å². The average Bonchev–Trinajstić information content (AvgIpc) is 2.42. The van der Waals surface area contributed by atoms with E-state index in [1.165, 1.54) is 0 Å². The molecule has 0 heterocycles. The number of hydrogen-bond acceptors (Lipinski definition) is 4. The molecule has 0 aliphatic carbocycles. The number of likely N-dealkylation sites (N-methyl/N-ethyl adjacent to an activating group) is 1. The van der Waals surface area contributed by atoms with Crippen LogP contribution < -0.4 is 15.0 Å². The van der Waals surface area contributed by atoms with E-state index in [0.717, 1.165) is 44.3 Å². The SMILES string of the molecule is CCOCCNCCN(C)c1ccccc1OC. The van der Waals surface area contributed by atoms with Crippen molar-refractivity contribution in [2.45, 2.75) is 6.92 Å². The van der Waals surface area contributed by atoms with Gasteiger partial charge in [-0.3, -0.25) is 0 Å². The standard InChI is InChI=1S/C14H24N2O2/c1-4-18-12-10-15-9-11-16(2)13-7-5-6-8-14(13)17-3/h5-8,15H,4,9-12H2,1-3H3. The molecule has 102 valence electrons. The zero-order valence-electron chi connectivity index (χ0n) is 11.6. The van der Waals surface area contributed by atoms with Crippen LogP contribution in [-0.4, -0.2) is 47.0 Å². The summed E-state index contributed by atoms with van der Waals surface area (Å²) in [6.45, 7) is 6.33. The summed E-state index contributed by atoms with van der Waals surface area (Å²) in [5.74, 6) is 0.911. The summed E-state index contributed by atoms with van der Waals surface area (Å²) >= 11 is 0. The number of para-hydroxylation sites is 2. The zero-order valence-corrected chi connectivity index (χ0v) is 11.6. The minimum Gasteiger partial charge on any atom is -0.495 e. The Morgan fingerprint density at radius 2 is 2.00 bits per heavy atom. The van der Waals surface area contributed by atoms with Crippen LogP contribution in [0.3, 0.4) is 0 Å². The smallest absolute Gasteiger partial charge is 0.142 e. The number of nitrogens with zero attached hydrogens (tertiary/aromatic N) is 1. The lowest BCUT2D eigenvalue weighted by Crippen LogP contribution is -2.31. The first kappa shape index (κ1) is 14.8. The van der Waals surface area contributed by atoms with Crippen molar-refractivity contribution in [3.8, 4) is 5.75 Å². The Morgan fingerprint density at radius 1 is 1.22 bits per heavy atom. The summed E-state index contributed by atoms with van der Waals surface area (Å²) in [6, 6.07) is 8.06. The van der Waals surface area contributed by atoms with E-state index >= 15 is 0 Å². The summed E-state index contributed by atoms with van der Waals surface area (Å²) in [4.78, 5) is 2.19. The van der Waals surface area contributed by atoms with Crippen LogP contribution in [0.15, 0.2) is 24.3 Å². The Hall–Kier alpha value is -1.26. The number of methoxy groups -OCH3 is 1. The third-order valence-electron chi connectivity index (χ3n) is 2.75. The average molecular weight is 252 g/mol. The van der Waals surface area contributed by atoms with E-state index in [1.807, 2.05) is 25.1 Å². The first-order valence-electron chi connectivity index (χ1n) is 6.42. The van der Waals surface area contributed by atoms with Crippen LogP contribution in [0, 0.1) is 0 Å². The molecule has 0 aliphatic heterocycles. The molecule has 1 aromatic rings. The van der Waals surface area contributed by atoms with Crippen LogP contribution in [0.2, 0.25) is 0 Å². The molecule has 0 fully saturated rings. The van der Waals surface area contributed by atoms with Gasteiger partial charge < -0.3 is 19.7 Å². The molecule has 4 nitrogen and oxygen atoms in total. The van der Waals surface area contributed by atoms with Crippen molar-refractivity contribution in [1.29, 1.82) is 0 Å². The highest BCUT2D eigenvalue weighted by atomic mass is 16.5. The lowest BCUT2D eigenvalue weighted by Gasteiger charge is -2.21. The molecule has 0 saturated heterocycles. The Bertz CT molecular complexity index is 331. The third kappa shape index (κ3) is 4.94. The maximum Gasteiger partial charge on any atom is 0.142 e. The number of hydrogen-bond donors (Lipinski definition) is 1. The number of rotatable bonds is 9. The van der Waals surface area contributed by atoms with Crippen molar-refractivity contribution in [1.82, 2.24) is 5.32 Å². The molecule has 0 amide bonds. The Kier molecular flexibility index (Phi) is 7.22. The monoisotopic (exact) mass is 252 g/mol. The summed E-state index contributed by atoms with van der Waals surface area (Å²) in [7, 11) is 3.77. The molecule has 1 rings (SSSR count). The number of ether oxygens (including phenoxy) is 2. The van der Waals surface area contributed by atoms with Crippen molar-refractivity contribution in [3.05, 3.63) is 24.3 Å². The highest BCUT2D eigenvalue weighted by molar-refractivity contribution is 5.57. The first-order chi connectivity index (χ1) is 8.79. The number of benzene rings is 1. The molecule has 1 aromatic carbocycles. The summed E-state index contributed by atoms with van der Waals surface area (Å²) in [6.07, 6.45) is 0. The van der Waals surface area contributed by atoms with Crippen molar-refractivity contribution in [3.63, 3.8) is 0 Å². The van der Waals surface area contributed by atoms with Crippen molar-refractivity contribution in [2.75, 3.05) is 51.9 Å². The molecule has 0 atom stereocenters.